The molecule has 0 aliphatic rings. The van der Waals surface area contributed by atoms with Gasteiger partial charge in [0.05, 0.1) is 11.0 Å². The molecule has 2 aromatic rings. The first-order chi connectivity index (χ1) is 9.35. The zero-order chi connectivity index (χ0) is 14.9. The zero-order valence-electron chi connectivity index (χ0n) is 12.1. The predicted octanol–water partition coefficient (Wildman–Crippen LogP) is 2.74. The number of hydrogen-bond acceptors (Lipinski definition) is 2. The SMILES string of the molecule is Cc1ccc2c(c1)nc(CCCl)n2C(C)(C)CC(N)=O. The molecule has 0 bridgehead atoms. The van der Waals surface area contributed by atoms with Gasteiger partial charge < -0.3 is 10.3 Å². The lowest BCUT2D eigenvalue weighted by Crippen LogP contribution is -2.33. The van der Waals surface area contributed by atoms with Crippen molar-refractivity contribution in [1.29, 1.82) is 0 Å². The molecular weight excluding hydrogens is 274 g/mol. The Morgan fingerprint density at radius 2 is 2.15 bits per heavy atom. The maximum atomic E-state index is 11.3. The van der Waals surface area contributed by atoms with Gasteiger partial charge in [-0.25, -0.2) is 4.98 Å². The van der Waals surface area contributed by atoms with E-state index in [1.807, 2.05) is 39.0 Å². The van der Waals surface area contributed by atoms with Crippen LogP contribution in [0.15, 0.2) is 18.2 Å². The number of carbonyl (C=O) groups is 1. The molecule has 0 saturated heterocycles. The summed E-state index contributed by atoms with van der Waals surface area (Å²) in [7, 11) is 0. The van der Waals surface area contributed by atoms with E-state index in [9.17, 15) is 4.79 Å². The molecule has 2 rings (SSSR count). The standard InChI is InChI=1S/C15H20ClN3O/c1-10-4-5-12-11(8-10)18-14(6-7-16)19(12)15(2,3)9-13(17)20/h4-5,8H,6-7,9H2,1-3H3,(H2,17,20). The van der Waals surface area contributed by atoms with Crippen molar-refractivity contribution in [3.63, 3.8) is 0 Å². The first-order valence-electron chi connectivity index (χ1n) is 6.68. The van der Waals surface area contributed by atoms with Crippen LogP contribution in [-0.2, 0) is 16.8 Å². The number of alkyl halides is 1. The molecular formula is C15H20ClN3O. The molecule has 108 valence electrons. The average Bonchev–Trinajstić information content (AvgIpc) is 2.65. The van der Waals surface area contributed by atoms with Crippen molar-refractivity contribution in [3.05, 3.63) is 29.6 Å². The minimum Gasteiger partial charge on any atom is -0.370 e. The Hall–Kier alpha value is -1.55. The second kappa shape index (κ2) is 5.44. The third kappa shape index (κ3) is 2.80. The van der Waals surface area contributed by atoms with Crippen LogP contribution in [0.2, 0.25) is 0 Å². The molecule has 0 aliphatic heterocycles. The lowest BCUT2D eigenvalue weighted by atomic mass is 9.99. The summed E-state index contributed by atoms with van der Waals surface area (Å²) in [5, 5.41) is 0. The monoisotopic (exact) mass is 293 g/mol. The topological polar surface area (TPSA) is 60.9 Å². The highest BCUT2D eigenvalue weighted by Gasteiger charge is 2.27. The largest absolute Gasteiger partial charge is 0.370 e. The molecule has 0 radical (unpaired) electrons. The second-order valence-corrected chi connectivity index (χ2v) is 6.13. The third-order valence-electron chi connectivity index (χ3n) is 3.41. The number of carbonyl (C=O) groups excluding carboxylic acids is 1. The Morgan fingerprint density at radius 1 is 1.45 bits per heavy atom. The fourth-order valence-electron chi connectivity index (χ4n) is 2.67. The van der Waals surface area contributed by atoms with E-state index in [2.05, 4.69) is 9.55 Å². The highest BCUT2D eigenvalue weighted by Crippen LogP contribution is 2.29. The third-order valence-corrected chi connectivity index (χ3v) is 3.60. The van der Waals surface area contributed by atoms with Crippen LogP contribution in [0.5, 0.6) is 0 Å². The van der Waals surface area contributed by atoms with Crippen molar-refractivity contribution in [3.8, 4) is 0 Å². The molecule has 0 unspecified atom stereocenters. The summed E-state index contributed by atoms with van der Waals surface area (Å²) >= 11 is 5.88. The predicted molar refractivity (Wildman–Crippen MR) is 82.0 cm³/mol. The first-order valence-corrected chi connectivity index (χ1v) is 7.21. The highest BCUT2D eigenvalue weighted by molar-refractivity contribution is 6.17. The summed E-state index contributed by atoms with van der Waals surface area (Å²) in [5.74, 6) is 1.07. The van der Waals surface area contributed by atoms with Crippen molar-refractivity contribution in [2.45, 2.75) is 39.2 Å². The number of imidazole rings is 1. The van der Waals surface area contributed by atoms with E-state index in [1.165, 1.54) is 0 Å². The number of nitrogens with zero attached hydrogens (tertiary/aromatic N) is 2. The van der Waals surface area contributed by atoms with Gasteiger partial charge in [0.15, 0.2) is 0 Å². The van der Waals surface area contributed by atoms with Crippen LogP contribution in [0.4, 0.5) is 0 Å². The Labute approximate surface area is 123 Å². The van der Waals surface area contributed by atoms with Crippen molar-refractivity contribution in [1.82, 2.24) is 9.55 Å². The molecule has 2 N–H and O–H groups in total. The number of nitrogens with two attached hydrogens (primary N) is 1. The van der Waals surface area contributed by atoms with Gasteiger partial charge in [-0.3, -0.25) is 4.79 Å². The zero-order valence-corrected chi connectivity index (χ0v) is 12.9. The van der Waals surface area contributed by atoms with Crippen LogP contribution in [0.25, 0.3) is 11.0 Å². The molecule has 1 aromatic carbocycles. The summed E-state index contributed by atoms with van der Waals surface area (Å²) in [5.41, 5.74) is 8.07. The molecule has 4 nitrogen and oxygen atoms in total. The number of halogens is 1. The average molecular weight is 294 g/mol. The molecule has 0 atom stereocenters. The van der Waals surface area contributed by atoms with Crippen molar-refractivity contribution < 1.29 is 4.79 Å². The number of hydrogen-bond donors (Lipinski definition) is 1. The van der Waals surface area contributed by atoms with Gasteiger partial charge in [0, 0.05) is 24.3 Å². The molecule has 5 heteroatoms. The van der Waals surface area contributed by atoms with E-state index in [-0.39, 0.29) is 12.3 Å². The number of amides is 1. The van der Waals surface area contributed by atoms with Crippen molar-refractivity contribution >= 4 is 28.5 Å². The molecule has 1 heterocycles. The van der Waals surface area contributed by atoms with Crippen LogP contribution in [0.1, 0.15) is 31.7 Å². The van der Waals surface area contributed by atoms with Crippen LogP contribution < -0.4 is 5.73 Å². The van der Waals surface area contributed by atoms with Crippen LogP contribution in [-0.4, -0.2) is 21.3 Å². The maximum Gasteiger partial charge on any atom is 0.219 e. The van der Waals surface area contributed by atoms with E-state index >= 15 is 0 Å². The van der Waals surface area contributed by atoms with Crippen molar-refractivity contribution in [2.75, 3.05) is 5.88 Å². The first kappa shape index (κ1) is 14.9. The highest BCUT2D eigenvalue weighted by atomic mass is 35.5. The smallest absolute Gasteiger partial charge is 0.219 e. The summed E-state index contributed by atoms with van der Waals surface area (Å²) in [6, 6.07) is 6.13. The van der Waals surface area contributed by atoms with Crippen LogP contribution in [0, 0.1) is 6.92 Å². The lowest BCUT2D eigenvalue weighted by Gasteiger charge is -2.28. The number of fused-ring (bicyclic) bond motifs is 1. The molecule has 1 amide bonds. The second-order valence-electron chi connectivity index (χ2n) is 5.75. The van der Waals surface area contributed by atoms with Gasteiger partial charge in [-0.1, -0.05) is 6.07 Å². The molecule has 0 aliphatic carbocycles. The fraction of sp³-hybridized carbons (Fsp3) is 0.467. The minimum atomic E-state index is -0.419. The van der Waals surface area contributed by atoms with Gasteiger partial charge in [-0.2, -0.15) is 0 Å². The van der Waals surface area contributed by atoms with E-state index in [1.54, 1.807) is 0 Å². The quantitative estimate of drug-likeness (QED) is 0.862. The van der Waals surface area contributed by atoms with Crippen LogP contribution >= 0.6 is 11.6 Å². The summed E-state index contributed by atoms with van der Waals surface area (Å²) in [6.07, 6.45) is 0.930. The summed E-state index contributed by atoms with van der Waals surface area (Å²) in [6.45, 7) is 6.03. The number of rotatable bonds is 5. The molecule has 0 fully saturated rings. The normalized spacial score (nSPS) is 12.0. The molecule has 0 saturated carbocycles. The Balaban J connectivity index is 2.64. The Kier molecular flexibility index (Phi) is 4.04. The number of aryl methyl sites for hydroxylation is 2. The number of aromatic nitrogens is 2. The van der Waals surface area contributed by atoms with E-state index in [4.69, 9.17) is 17.3 Å². The summed E-state index contributed by atoms with van der Waals surface area (Å²) < 4.78 is 2.09. The van der Waals surface area contributed by atoms with Crippen LogP contribution in [0.3, 0.4) is 0 Å². The van der Waals surface area contributed by atoms with Gasteiger partial charge in [0.25, 0.3) is 0 Å². The van der Waals surface area contributed by atoms with Gasteiger partial charge in [0.2, 0.25) is 5.91 Å². The molecule has 20 heavy (non-hydrogen) atoms. The van der Waals surface area contributed by atoms with E-state index in [0.717, 1.165) is 22.4 Å². The molecule has 0 spiro atoms. The van der Waals surface area contributed by atoms with Gasteiger partial charge >= 0.3 is 0 Å². The Morgan fingerprint density at radius 3 is 2.75 bits per heavy atom. The minimum absolute atomic E-state index is 0.265. The van der Waals surface area contributed by atoms with Gasteiger partial charge in [-0.05, 0) is 38.5 Å². The van der Waals surface area contributed by atoms with Crippen molar-refractivity contribution in [2.24, 2.45) is 5.73 Å². The number of benzene rings is 1. The van der Waals surface area contributed by atoms with E-state index < -0.39 is 5.54 Å². The fourth-order valence-corrected chi connectivity index (χ4v) is 2.84. The summed E-state index contributed by atoms with van der Waals surface area (Å²) in [4.78, 5) is 16.0. The van der Waals surface area contributed by atoms with Gasteiger partial charge in [0.1, 0.15) is 5.82 Å². The van der Waals surface area contributed by atoms with E-state index in [0.29, 0.717) is 12.3 Å². The Bertz CT molecular complexity index is 646. The molecule has 1 aromatic heterocycles. The lowest BCUT2D eigenvalue weighted by molar-refractivity contribution is -0.119. The maximum absolute atomic E-state index is 11.3. The number of primary amides is 1. The van der Waals surface area contributed by atoms with Gasteiger partial charge in [-0.15, -0.1) is 11.6 Å².